The maximum atomic E-state index is 3.73. The van der Waals surface area contributed by atoms with E-state index in [1.165, 1.54) is 45.3 Å². The molecule has 2 nitrogen and oxygen atoms in total. The molecular weight excluding hydrogens is 208 g/mol. The van der Waals surface area contributed by atoms with Crippen molar-refractivity contribution in [3.63, 3.8) is 0 Å². The number of nitrogens with zero attached hydrogens (tertiary/aromatic N) is 1. The minimum Gasteiger partial charge on any atom is -0.309 e. The summed E-state index contributed by atoms with van der Waals surface area (Å²) < 4.78 is 0. The molecule has 1 fully saturated rings. The van der Waals surface area contributed by atoms with E-state index < -0.39 is 0 Å². The molecule has 0 aromatic carbocycles. The van der Waals surface area contributed by atoms with Gasteiger partial charge >= 0.3 is 0 Å². The summed E-state index contributed by atoms with van der Waals surface area (Å²) in [6.07, 6.45) is 5.22. The number of nitrogens with one attached hydrogen (secondary N) is 1. The van der Waals surface area contributed by atoms with Crippen LogP contribution in [0.1, 0.15) is 60.3 Å². The molecule has 102 valence electrons. The molecule has 2 heteroatoms. The molecule has 0 aliphatic carbocycles. The third-order valence-corrected chi connectivity index (χ3v) is 4.31. The summed E-state index contributed by atoms with van der Waals surface area (Å²) in [5.41, 5.74) is 0.337. The van der Waals surface area contributed by atoms with E-state index in [0.717, 1.165) is 12.0 Å². The van der Waals surface area contributed by atoms with Gasteiger partial charge in [-0.15, -0.1) is 0 Å². The van der Waals surface area contributed by atoms with Gasteiger partial charge in [-0.2, -0.15) is 0 Å². The molecule has 1 saturated heterocycles. The highest BCUT2D eigenvalue weighted by atomic mass is 15.2. The van der Waals surface area contributed by atoms with Crippen LogP contribution in [0, 0.1) is 5.92 Å². The summed E-state index contributed by atoms with van der Waals surface area (Å²) in [6.45, 7) is 15.3. The molecule has 1 heterocycles. The number of hydrogen-bond acceptors (Lipinski definition) is 2. The van der Waals surface area contributed by atoms with Gasteiger partial charge in [-0.05, 0) is 45.1 Å². The first-order valence-electron chi connectivity index (χ1n) is 7.49. The predicted molar refractivity (Wildman–Crippen MR) is 76.4 cm³/mol. The molecule has 0 saturated carbocycles. The average molecular weight is 240 g/mol. The lowest BCUT2D eigenvalue weighted by atomic mass is 9.92. The summed E-state index contributed by atoms with van der Waals surface area (Å²) in [5, 5.41) is 3.73. The van der Waals surface area contributed by atoms with E-state index in [4.69, 9.17) is 0 Å². The van der Waals surface area contributed by atoms with Crippen LogP contribution in [0.25, 0.3) is 0 Å². The lowest BCUT2D eigenvalue weighted by Gasteiger charge is -2.46. The van der Waals surface area contributed by atoms with E-state index in [1.807, 2.05) is 0 Å². The van der Waals surface area contributed by atoms with Crippen LogP contribution < -0.4 is 5.32 Å². The molecule has 2 atom stereocenters. The van der Waals surface area contributed by atoms with Crippen LogP contribution in [0.5, 0.6) is 0 Å². The van der Waals surface area contributed by atoms with E-state index in [2.05, 4.69) is 44.8 Å². The Balaban J connectivity index is 2.46. The molecule has 0 aromatic heterocycles. The Kier molecular flexibility index (Phi) is 5.94. The SMILES string of the molecule is CCC1CNC(C)(CC)CN1CCCC(C)C. The molecule has 1 aliphatic rings. The fourth-order valence-corrected chi connectivity index (χ4v) is 2.73. The summed E-state index contributed by atoms with van der Waals surface area (Å²) in [6, 6.07) is 0.752. The van der Waals surface area contributed by atoms with Crippen LogP contribution in [0.4, 0.5) is 0 Å². The third kappa shape index (κ3) is 4.59. The van der Waals surface area contributed by atoms with Gasteiger partial charge in [0.05, 0.1) is 0 Å². The second kappa shape index (κ2) is 6.75. The molecule has 1 N–H and O–H groups in total. The molecule has 0 radical (unpaired) electrons. The van der Waals surface area contributed by atoms with E-state index >= 15 is 0 Å². The quantitative estimate of drug-likeness (QED) is 0.766. The van der Waals surface area contributed by atoms with Crippen molar-refractivity contribution in [1.29, 1.82) is 0 Å². The molecule has 0 amide bonds. The van der Waals surface area contributed by atoms with Crippen molar-refractivity contribution in [3.8, 4) is 0 Å². The van der Waals surface area contributed by atoms with Crippen LogP contribution >= 0.6 is 0 Å². The lowest BCUT2D eigenvalue weighted by molar-refractivity contribution is 0.0797. The van der Waals surface area contributed by atoms with Crippen LogP contribution in [-0.2, 0) is 0 Å². The minimum absolute atomic E-state index is 0.337. The predicted octanol–water partition coefficient (Wildman–Crippen LogP) is 3.28. The summed E-state index contributed by atoms with van der Waals surface area (Å²) in [7, 11) is 0. The topological polar surface area (TPSA) is 15.3 Å². The molecule has 2 unspecified atom stereocenters. The van der Waals surface area contributed by atoms with Gasteiger partial charge < -0.3 is 5.32 Å². The molecule has 1 rings (SSSR count). The average Bonchev–Trinajstić information content (AvgIpc) is 2.29. The Morgan fingerprint density at radius 1 is 1.35 bits per heavy atom. The van der Waals surface area contributed by atoms with Gasteiger partial charge in [-0.25, -0.2) is 0 Å². The van der Waals surface area contributed by atoms with Gasteiger partial charge in [0, 0.05) is 24.7 Å². The van der Waals surface area contributed by atoms with Gasteiger partial charge in [0.15, 0.2) is 0 Å². The highest BCUT2D eigenvalue weighted by Crippen LogP contribution is 2.21. The summed E-state index contributed by atoms with van der Waals surface area (Å²) in [5.74, 6) is 0.843. The standard InChI is InChI=1S/C15H32N2/c1-6-14-11-16-15(5,7-2)12-17(14)10-8-9-13(3)4/h13-14,16H,6-12H2,1-5H3. The van der Waals surface area contributed by atoms with Crippen LogP contribution in [0.3, 0.4) is 0 Å². The number of hydrogen-bond donors (Lipinski definition) is 1. The number of rotatable bonds is 6. The second-order valence-corrected chi connectivity index (χ2v) is 6.36. The van der Waals surface area contributed by atoms with Gasteiger partial charge in [-0.1, -0.05) is 27.7 Å². The summed E-state index contributed by atoms with van der Waals surface area (Å²) >= 11 is 0. The van der Waals surface area contributed by atoms with Gasteiger partial charge in [-0.3, -0.25) is 4.90 Å². The molecule has 0 bridgehead atoms. The fourth-order valence-electron chi connectivity index (χ4n) is 2.73. The van der Waals surface area contributed by atoms with Crippen molar-refractivity contribution in [2.45, 2.75) is 71.9 Å². The molecular formula is C15H32N2. The van der Waals surface area contributed by atoms with E-state index in [0.29, 0.717) is 5.54 Å². The zero-order chi connectivity index (χ0) is 12.9. The molecule has 1 aliphatic heterocycles. The van der Waals surface area contributed by atoms with Crippen molar-refractivity contribution in [2.24, 2.45) is 5.92 Å². The Bertz CT molecular complexity index is 215. The first kappa shape index (κ1) is 15.0. The second-order valence-electron chi connectivity index (χ2n) is 6.36. The van der Waals surface area contributed by atoms with E-state index in [1.54, 1.807) is 0 Å². The normalized spacial score (nSPS) is 31.1. The highest BCUT2D eigenvalue weighted by Gasteiger charge is 2.33. The zero-order valence-corrected chi connectivity index (χ0v) is 12.6. The van der Waals surface area contributed by atoms with Crippen LogP contribution in [0.15, 0.2) is 0 Å². The van der Waals surface area contributed by atoms with Crippen LogP contribution in [-0.4, -0.2) is 36.1 Å². The van der Waals surface area contributed by atoms with Gasteiger partial charge in [0.1, 0.15) is 0 Å². The van der Waals surface area contributed by atoms with Gasteiger partial charge in [0.2, 0.25) is 0 Å². The monoisotopic (exact) mass is 240 g/mol. The van der Waals surface area contributed by atoms with Crippen molar-refractivity contribution in [2.75, 3.05) is 19.6 Å². The maximum absolute atomic E-state index is 3.73. The van der Waals surface area contributed by atoms with Gasteiger partial charge in [0.25, 0.3) is 0 Å². The Labute approximate surface area is 108 Å². The highest BCUT2D eigenvalue weighted by molar-refractivity contribution is 4.93. The zero-order valence-electron chi connectivity index (χ0n) is 12.6. The Morgan fingerprint density at radius 3 is 2.59 bits per heavy atom. The Hall–Kier alpha value is -0.0800. The largest absolute Gasteiger partial charge is 0.309 e. The Morgan fingerprint density at radius 2 is 2.06 bits per heavy atom. The molecule has 0 spiro atoms. The first-order valence-corrected chi connectivity index (χ1v) is 7.49. The minimum atomic E-state index is 0.337. The molecule has 17 heavy (non-hydrogen) atoms. The summed E-state index contributed by atoms with van der Waals surface area (Å²) in [4.78, 5) is 2.72. The van der Waals surface area contributed by atoms with Crippen molar-refractivity contribution in [1.82, 2.24) is 10.2 Å². The van der Waals surface area contributed by atoms with Crippen molar-refractivity contribution in [3.05, 3.63) is 0 Å². The number of piperazine rings is 1. The van der Waals surface area contributed by atoms with Crippen molar-refractivity contribution >= 4 is 0 Å². The van der Waals surface area contributed by atoms with E-state index in [9.17, 15) is 0 Å². The van der Waals surface area contributed by atoms with E-state index in [-0.39, 0.29) is 0 Å². The third-order valence-electron chi connectivity index (χ3n) is 4.31. The maximum Gasteiger partial charge on any atom is 0.0278 e. The first-order chi connectivity index (χ1) is 8.00. The lowest BCUT2D eigenvalue weighted by Crippen LogP contribution is -2.62. The fraction of sp³-hybridized carbons (Fsp3) is 1.00. The smallest absolute Gasteiger partial charge is 0.0278 e. The van der Waals surface area contributed by atoms with Crippen molar-refractivity contribution < 1.29 is 0 Å². The molecule has 0 aromatic rings. The van der Waals surface area contributed by atoms with Crippen LogP contribution in [0.2, 0.25) is 0 Å².